The first kappa shape index (κ1) is 13.2. The van der Waals surface area contributed by atoms with Gasteiger partial charge in [0.1, 0.15) is 5.15 Å². The minimum atomic E-state index is 0.0284. The van der Waals surface area contributed by atoms with Crippen molar-refractivity contribution in [3.05, 3.63) is 52.3 Å². The number of hydrogen-bond acceptors (Lipinski definition) is 1. The summed E-state index contributed by atoms with van der Waals surface area (Å²) in [5.41, 5.74) is 3.58. The molecule has 0 bridgehead atoms. The molecule has 18 heavy (non-hydrogen) atoms. The number of benzene rings is 1. The van der Waals surface area contributed by atoms with Gasteiger partial charge in [0, 0.05) is 5.41 Å². The van der Waals surface area contributed by atoms with Crippen LogP contribution in [0.25, 0.3) is 0 Å². The van der Waals surface area contributed by atoms with E-state index in [4.69, 9.17) is 11.6 Å². The van der Waals surface area contributed by atoms with Crippen molar-refractivity contribution in [2.24, 2.45) is 0 Å². The molecule has 3 heteroatoms. The third kappa shape index (κ3) is 2.75. The van der Waals surface area contributed by atoms with Crippen molar-refractivity contribution >= 4 is 11.6 Å². The molecule has 0 amide bonds. The first-order chi connectivity index (χ1) is 8.38. The van der Waals surface area contributed by atoms with Gasteiger partial charge in [-0.3, -0.25) is 0 Å². The lowest BCUT2D eigenvalue weighted by atomic mass is 9.93. The third-order valence-electron chi connectivity index (χ3n) is 3.08. The predicted molar refractivity (Wildman–Crippen MR) is 76.2 cm³/mol. The van der Waals surface area contributed by atoms with Crippen LogP contribution in [0.4, 0.5) is 0 Å². The van der Waals surface area contributed by atoms with Crippen molar-refractivity contribution < 1.29 is 0 Å². The number of hydrogen-bond donors (Lipinski definition) is 0. The van der Waals surface area contributed by atoms with Gasteiger partial charge in [-0.15, -0.1) is 0 Å². The van der Waals surface area contributed by atoms with E-state index < -0.39 is 0 Å². The molecule has 0 unspecified atom stereocenters. The second-order valence-corrected chi connectivity index (χ2v) is 6.07. The van der Waals surface area contributed by atoms with Gasteiger partial charge in [0.05, 0.1) is 12.2 Å². The van der Waals surface area contributed by atoms with E-state index in [9.17, 15) is 0 Å². The molecule has 0 atom stereocenters. The lowest BCUT2D eigenvalue weighted by Gasteiger charge is -2.14. The zero-order valence-electron chi connectivity index (χ0n) is 11.4. The monoisotopic (exact) mass is 262 g/mol. The Morgan fingerprint density at radius 2 is 1.89 bits per heavy atom. The van der Waals surface area contributed by atoms with Crippen LogP contribution in [-0.4, -0.2) is 9.78 Å². The van der Waals surface area contributed by atoms with Crippen LogP contribution >= 0.6 is 11.6 Å². The molecule has 0 aliphatic heterocycles. The maximum Gasteiger partial charge on any atom is 0.127 e. The van der Waals surface area contributed by atoms with Gasteiger partial charge in [0.2, 0.25) is 0 Å². The Morgan fingerprint density at radius 3 is 2.44 bits per heavy atom. The molecule has 0 saturated carbocycles. The Hall–Kier alpha value is -1.28. The second-order valence-electron chi connectivity index (χ2n) is 5.69. The van der Waals surface area contributed by atoms with Crippen molar-refractivity contribution in [2.75, 3.05) is 0 Å². The van der Waals surface area contributed by atoms with Crippen molar-refractivity contribution in [1.29, 1.82) is 0 Å². The summed E-state index contributed by atoms with van der Waals surface area (Å²) in [6.07, 6.45) is 0. The highest BCUT2D eigenvalue weighted by atomic mass is 35.5. The summed E-state index contributed by atoms with van der Waals surface area (Å²) in [6.45, 7) is 9.26. The summed E-state index contributed by atoms with van der Waals surface area (Å²) >= 11 is 6.25. The third-order valence-corrected chi connectivity index (χ3v) is 3.38. The van der Waals surface area contributed by atoms with E-state index >= 15 is 0 Å². The van der Waals surface area contributed by atoms with E-state index in [1.54, 1.807) is 0 Å². The van der Waals surface area contributed by atoms with E-state index in [1.807, 2.05) is 22.9 Å². The highest BCUT2D eigenvalue weighted by molar-refractivity contribution is 6.29. The second kappa shape index (κ2) is 4.77. The lowest BCUT2D eigenvalue weighted by Crippen LogP contribution is -2.13. The van der Waals surface area contributed by atoms with Gasteiger partial charge < -0.3 is 0 Å². The van der Waals surface area contributed by atoms with E-state index in [0.29, 0.717) is 5.15 Å². The van der Waals surface area contributed by atoms with Crippen LogP contribution in [0.5, 0.6) is 0 Å². The first-order valence-corrected chi connectivity index (χ1v) is 6.54. The van der Waals surface area contributed by atoms with Gasteiger partial charge in [-0.1, -0.05) is 56.6 Å². The van der Waals surface area contributed by atoms with Crippen LogP contribution in [0.15, 0.2) is 30.3 Å². The average molecular weight is 263 g/mol. The molecule has 0 aliphatic rings. The van der Waals surface area contributed by atoms with Crippen LogP contribution in [0.3, 0.4) is 0 Å². The summed E-state index contributed by atoms with van der Waals surface area (Å²) in [5, 5.41) is 5.30. The van der Waals surface area contributed by atoms with Gasteiger partial charge in [-0.25, -0.2) is 4.68 Å². The molecule has 2 rings (SSSR count). The van der Waals surface area contributed by atoms with Crippen molar-refractivity contribution in [3.63, 3.8) is 0 Å². The summed E-state index contributed by atoms with van der Waals surface area (Å²) in [6, 6.07) is 10.3. The molecule has 1 aromatic heterocycles. The fraction of sp³-hybridized carbons (Fsp3) is 0.400. The SMILES string of the molecule is Cc1ccccc1Cn1nc(C(C)(C)C)cc1Cl. The predicted octanol–water partition coefficient (Wildman–Crippen LogP) is 4.19. The molecule has 0 aliphatic carbocycles. The molecule has 0 saturated heterocycles. The minimum absolute atomic E-state index is 0.0284. The zero-order valence-corrected chi connectivity index (χ0v) is 12.1. The van der Waals surface area contributed by atoms with Gasteiger partial charge in [-0.05, 0) is 24.1 Å². The van der Waals surface area contributed by atoms with Crippen LogP contribution in [0.1, 0.15) is 37.6 Å². The fourth-order valence-corrected chi connectivity index (χ4v) is 2.02. The van der Waals surface area contributed by atoms with Crippen LogP contribution in [0, 0.1) is 6.92 Å². The number of nitrogens with zero attached hydrogens (tertiary/aromatic N) is 2. The molecule has 1 heterocycles. The summed E-state index contributed by atoms with van der Waals surface area (Å²) in [7, 11) is 0. The fourth-order valence-electron chi connectivity index (χ4n) is 1.82. The maximum atomic E-state index is 6.25. The Labute approximate surface area is 114 Å². The van der Waals surface area contributed by atoms with E-state index in [2.05, 4.69) is 44.9 Å². The highest BCUT2D eigenvalue weighted by Crippen LogP contribution is 2.24. The average Bonchev–Trinajstić information content (AvgIpc) is 2.63. The Bertz CT molecular complexity index is 550. The molecular formula is C15H19ClN2. The summed E-state index contributed by atoms with van der Waals surface area (Å²) in [4.78, 5) is 0. The van der Waals surface area contributed by atoms with Crippen LogP contribution < -0.4 is 0 Å². The molecule has 0 radical (unpaired) electrons. The quantitative estimate of drug-likeness (QED) is 0.794. The van der Waals surface area contributed by atoms with Crippen molar-refractivity contribution in [1.82, 2.24) is 9.78 Å². The molecule has 2 aromatic rings. The zero-order chi connectivity index (χ0) is 13.3. The van der Waals surface area contributed by atoms with E-state index in [1.165, 1.54) is 11.1 Å². The highest BCUT2D eigenvalue weighted by Gasteiger charge is 2.19. The Kier molecular flexibility index (Phi) is 3.49. The summed E-state index contributed by atoms with van der Waals surface area (Å²) in [5.74, 6) is 0. The lowest BCUT2D eigenvalue weighted by molar-refractivity contribution is 0.545. The largest absolute Gasteiger partial charge is 0.249 e. The molecule has 96 valence electrons. The van der Waals surface area contributed by atoms with E-state index in [0.717, 1.165) is 12.2 Å². The van der Waals surface area contributed by atoms with Crippen LogP contribution in [-0.2, 0) is 12.0 Å². The normalized spacial score (nSPS) is 11.8. The Balaban J connectivity index is 2.31. The number of rotatable bonds is 2. The molecule has 0 N–H and O–H groups in total. The van der Waals surface area contributed by atoms with Crippen molar-refractivity contribution in [3.8, 4) is 0 Å². The molecular weight excluding hydrogens is 244 g/mol. The molecule has 0 fully saturated rings. The molecule has 1 aromatic carbocycles. The number of aryl methyl sites for hydroxylation is 1. The molecule has 0 spiro atoms. The Morgan fingerprint density at radius 1 is 1.22 bits per heavy atom. The van der Waals surface area contributed by atoms with Gasteiger partial charge >= 0.3 is 0 Å². The molecule has 2 nitrogen and oxygen atoms in total. The van der Waals surface area contributed by atoms with Gasteiger partial charge in [0.15, 0.2) is 0 Å². The van der Waals surface area contributed by atoms with Gasteiger partial charge in [-0.2, -0.15) is 5.10 Å². The number of aromatic nitrogens is 2. The first-order valence-electron chi connectivity index (χ1n) is 6.16. The van der Waals surface area contributed by atoms with Gasteiger partial charge in [0.25, 0.3) is 0 Å². The standard InChI is InChI=1S/C15H19ClN2/c1-11-7-5-6-8-12(11)10-18-14(16)9-13(17-18)15(2,3)4/h5-9H,10H2,1-4H3. The summed E-state index contributed by atoms with van der Waals surface area (Å²) < 4.78 is 1.87. The van der Waals surface area contributed by atoms with E-state index in [-0.39, 0.29) is 5.41 Å². The maximum absolute atomic E-state index is 6.25. The number of halogens is 1. The topological polar surface area (TPSA) is 17.8 Å². The van der Waals surface area contributed by atoms with Crippen LogP contribution in [0.2, 0.25) is 5.15 Å². The smallest absolute Gasteiger partial charge is 0.127 e. The van der Waals surface area contributed by atoms with Crippen molar-refractivity contribution in [2.45, 2.75) is 39.7 Å². The minimum Gasteiger partial charge on any atom is -0.249 e.